The molecule has 0 fully saturated rings. The Bertz CT molecular complexity index is 1730. The van der Waals surface area contributed by atoms with Crippen molar-refractivity contribution in [3.05, 3.63) is 89.1 Å². The zero-order chi connectivity index (χ0) is 28.9. The van der Waals surface area contributed by atoms with Crippen molar-refractivity contribution in [3.63, 3.8) is 0 Å². The Morgan fingerprint density at radius 2 is 1.90 bits per heavy atom. The number of urea groups is 1. The number of anilines is 3. The number of nitrogens with two attached hydrogens (primary N) is 1. The standard InChI is InChI=1S/C27H21F2N7O3S2/c1-39-16-6-2-5-15(8-16)24(37)33-20-9-17(18(28)10-19(20)29)21-13-40-25(34-21)22-23(30)35-27(41-22)36-26(38)32-12-14-4-3-7-31-11-14/h2-11,13H,12,30H2,1H3,(H,33,37)(H2,32,35,36,38). The molecule has 14 heteroatoms. The monoisotopic (exact) mass is 593 g/mol. The summed E-state index contributed by atoms with van der Waals surface area (Å²) in [5.41, 5.74) is 7.10. The average Bonchev–Trinajstić information content (AvgIpc) is 3.60. The fraction of sp³-hybridized carbons (Fsp3) is 0.0741. The molecule has 0 aliphatic carbocycles. The van der Waals surface area contributed by atoms with Gasteiger partial charge in [-0.05, 0) is 35.9 Å². The van der Waals surface area contributed by atoms with Gasteiger partial charge in [0.05, 0.1) is 18.5 Å². The molecule has 41 heavy (non-hydrogen) atoms. The molecule has 0 bridgehead atoms. The molecule has 0 unspecified atom stereocenters. The minimum atomic E-state index is -0.942. The smallest absolute Gasteiger partial charge is 0.321 e. The van der Waals surface area contributed by atoms with E-state index in [0.717, 1.165) is 16.9 Å². The van der Waals surface area contributed by atoms with Gasteiger partial charge < -0.3 is 21.1 Å². The maximum absolute atomic E-state index is 14.8. The highest BCUT2D eigenvalue weighted by Gasteiger charge is 2.20. The number of hydrogen-bond acceptors (Lipinski definition) is 9. The van der Waals surface area contributed by atoms with Crippen LogP contribution < -0.4 is 26.4 Å². The zero-order valence-corrected chi connectivity index (χ0v) is 22.9. The molecular formula is C27H21F2N7O3S2. The molecule has 5 N–H and O–H groups in total. The number of benzene rings is 2. The number of nitrogen functional groups attached to an aromatic ring is 1. The number of aromatic nitrogens is 3. The van der Waals surface area contributed by atoms with Gasteiger partial charge in [0.1, 0.15) is 33.1 Å². The number of rotatable bonds is 8. The van der Waals surface area contributed by atoms with E-state index in [0.29, 0.717) is 21.7 Å². The van der Waals surface area contributed by atoms with Crippen LogP contribution in [0.3, 0.4) is 0 Å². The normalized spacial score (nSPS) is 10.7. The highest BCUT2D eigenvalue weighted by Crippen LogP contribution is 2.39. The summed E-state index contributed by atoms with van der Waals surface area (Å²) < 4.78 is 34.5. The number of carbonyl (C=O) groups excluding carboxylic acids is 2. The van der Waals surface area contributed by atoms with Crippen molar-refractivity contribution in [3.8, 4) is 26.9 Å². The number of nitrogens with one attached hydrogen (secondary N) is 3. The van der Waals surface area contributed by atoms with Gasteiger partial charge >= 0.3 is 6.03 Å². The number of carbonyl (C=O) groups is 2. The first kappa shape index (κ1) is 27.6. The summed E-state index contributed by atoms with van der Waals surface area (Å²) in [5.74, 6) is -1.81. The van der Waals surface area contributed by atoms with Crippen molar-refractivity contribution in [1.29, 1.82) is 0 Å². The van der Waals surface area contributed by atoms with E-state index in [-0.39, 0.29) is 40.0 Å². The molecular weight excluding hydrogens is 572 g/mol. The molecule has 10 nitrogen and oxygen atoms in total. The first-order valence-corrected chi connectivity index (χ1v) is 13.6. The van der Waals surface area contributed by atoms with Crippen LogP contribution in [-0.2, 0) is 6.54 Å². The SMILES string of the molecule is COc1cccc(C(=O)Nc2cc(-c3csc(-c4sc(NC(=O)NCc5cccnc5)nc4N)n3)c(F)cc2F)c1. The maximum atomic E-state index is 14.8. The van der Waals surface area contributed by atoms with Crippen LogP contribution in [0, 0.1) is 11.6 Å². The van der Waals surface area contributed by atoms with Gasteiger partial charge in [0.15, 0.2) is 5.13 Å². The summed E-state index contributed by atoms with van der Waals surface area (Å²) in [5, 5.41) is 10.0. The van der Waals surface area contributed by atoms with E-state index in [1.807, 2.05) is 6.07 Å². The second-order valence-electron chi connectivity index (χ2n) is 8.44. The molecule has 3 aromatic heterocycles. The molecule has 0 atom stereocenters. The Morgan fingerprint density at radius 3 is 2.68 bits per heavy atom. The molecule has 5 aromatic rings. The topological polar surface area (TPSA) is 144 Å². The Labute approximate surface area is 240 Å². The Morgan fingerprint density at radius 1 is 1.05 bits per heavy atom. The third-order valence-corrected chi connectivity index (χ3v) is 7.64. The Kier molecular flexibility index (Phi) is 8.12. The highest BCUT2D eigenvalue weighted by atomic mass is 32.1. The summed E-state index contributed by atoms with van der Waals surface area (Å²) in [4.78, 5) is 38.1. The quantitative estimate of drug-likeness (QED) is 0.179. The highest BCUT2D eigenvalue weighted by molar-refractivity contribution is 7.23. The second kappa shape index (κ2) is 12.1. The van der Waals surface area contributed by atoms with Crippen LogP contribution in [0.25, 0.3) is 21.1 Å². The van der Waals surface area contributed by atoms with E-state index in [4.69, 9.17) is 10.5 Å². The van der Waals surface area contributed by atoms with E-state index in [1.54, 1.807) is 42.0 Å². The van der Waals surface area contributed by atoms with Crippen LogP contribution in [0.2, 0.25) is 0 Å². The van der Waals surface area contributed by atoms with Crippen molar-refractivity contribution in [2.24, 2.45) is 0 Å². The molecule has 0 radical (unpaired) electrons. The number of hydrogen-bond donors (Lipinski definition) is 4. The largest absolute Gasteiger partial charge is 0.497 e. The van der Waals surface area contributed by atoms with Gasteiger partial charge in [-0.15, -0.1) is 11.3 Å². The van der Waals surface area contributed by atoms with Crippen LogP contribution in [0.1, 0.15) is 15.9 Å². The lowest BCUT2D eigenvalue weighted by atomic mass is 10.1. The predicted octanol–water partition coefficient (Wildman–Crippen LogP) is 5.77. The van der Waals surface area contributed by atoms with Crippen LogP contribution in [0.15, 0.2) is 66.3 Å². The zero-order valence-electron chi connectivity index (χ0n) is 21.3. The van der Waals surface area contributed by atoms with Gasteiger partial charge in [-0.2, -0.15) is 0 Å². The lowest BCUT2D eigenvalue weighted by molar-refractivity contribution is 0.102. The molecule has 0 aliphatic rings. The number of methoxy groups -OCH3 is 1. The van der Waals surface area contributed by atoms with Crippen molar-refractivity contribution >= 4 is 51.2 Å². The van der Waals surface area contributed by atoms with Crippen molar-refractivity contribution < 1.29 is 23.1 Å². The molecule has 2 aromatic carbocycles. The van der Waals surface area contributed by atoms with Crippen LogP contribution >= 0.6 is 22.7 Å². The second-order valence-corrected chi connectivity index (χ2v) is 10.3. The van der Waals surface area contributed by atoms with Gasteiger partial charge in [-0.25, -0.2) is 23.5 Å². The fourth-order valence-corrected chi connectivity index (χ4v) is 5.47. The molecule has 5 rings (SSSR count). The summed E-state index contributed by atoms with van der Waals surface area (Å²) in [6.07, 6.45) is 3.28. The predicted molar refractivity (Wildman–Crippen MR) is 154 cm³/mol. The maximum Gasteiger partial charge on any atom is 0.321 e. The Balaban J connectivity index is 1.31. The van der Waals surface area contributed by atoms with Crippen molar-refractivity contribution in [2.45, 2.75) is 6.54 Å². The van der Waals surface area contributed by atoms with Gasteiger partial charge in [0.2, 0.25) is 0 Å². The molecule has 208 valence electrons. The lowest BCUT2D eigenvalue weighted by Crippen LogP contribution is -2.28. The van der Waals surface area contributed by atoms with Crippen LogP contribution in [0.5, 0.6) is 5.75 Å². The number of ether oxygens (including phenoxy) is 1. The fourth-order valence-electron chi connectivity index (χ4n) is 3.67. The van der Waals surface area contributed by atoms with Gasteiger partial charge in [0.25, 0.3) is 5.91 Å². The van der Waals surface area contributed by atoms with Gasteiger partial charge in [-0.3, -0.25) is 15.1 Å². The summed E-state index contributed by atoms with van der Waals surface area (Å²) in [7, 11) is 1.46. The third kappa shape index (κ3) is 6.45. The first-order valence-electron chi connectivity index (χ1n) is 11.9. The van der Waals surface area contributed by atoms with E-state index in [2.05, 4.69) is 30.9 Å². The number of thiazole rings is 2. The van der Waals surface area contributed by atoms with E-state index < -0.39 is 23.6 Å². The lowest BCUT2D eigenvalue weighted by Gasteiger charge is -2.10. The van der Waals surface area contributed by atoms with Crippen LogP contribution in [0.4, 0.5) is 30.2 Å². The molecule has 0 spiro atoms. The third-order valence-electron chi connectivity index (χ3n) is 5.66. The Hall–Kier alpha value is -4.95. The number of halogens is 2. The van der Waals surface area contributed by atoms with Crippen molar-refractivity contribution in [2.75, 3.05) is 23.5 Å². The van der Waals surface area contributed by atoms with Gasteiger partial charge in [-0.1, -0.05) is 23.5 Å². The summed E-state index contributed by atoms with van der Waals surface area (Å²) in [6, 6.07) is 11.3. The van der Waals surface area contributed by atoms with E-state index in [1.165, 1.54) is 30.6 Å². The van der Waals surface area contributed by atoms with Gasteiger partial charge in [0, 0.05) is 41.5 Å². The minimum Gasteiger partial charge on any atom is -0.497 e. The van der Waals surface area contributed by atoms with E-state index >= 15 is 0 Å². The molecule has 0 saturated carbocycles. The van der Waals surface area contributed by atoms with E-state index in [9.17, 15) is 18.4 Å². The number of nitrogens with zero attached hydrogens (tertiary/aromatic N) is 3. The summed E-state index contributed by atoms with van der Waals surface area (Å²) >= 11 is 2.26. The van der Waals surface area contributed by atoms with Crippen LogP contribution in [-0.4, -0.2) is 34.0 Å². The average molecular weight is 594 g/mol. The molecule has 3 amide bonds. The number of amides is 3. The minimum absolute atomic E-state index is 0.0222. The van der Waals surface area contributed by atoms with Crippen molar-refractivity contribution in [1.82, 2.24) is 20.3 Å². The molecule has 0 saturated heterocycles. The summed E-state index contributed by atoms with van der Waals surface area (Å²) in [6.45, 7) is 0.272. The molecule has 3 heterocycles. The molecule has 0 aliphatic heterocycles. The first-order chi connectivity index (χ1) is 19.8. The number of pyridine rings is 1.